The molecular formula is C16H19N5O3. The highest BCUT2D eigenvalue weighted by molar-refractivity contribution is 5.88. The number of rotatable bonds is 6. The first-order valence-electron chi connectivity index (χ1n) is 7.75. The van der Waals surface area contributed by atoms with Gasteiger partial charge in [-0.15, -0.1) is 0 Å². The predicted octanol–water partition coefficient (Wildman–Crippen LogP) is 0.889. The van der Waals surface area contributed by atoms with E-state index in [2.05, 4.69) is 15.4 Å². The third-order valence-corrected chi connectivity index (χ3v) is 3.84. The van der Waals surface area contributed by atoms with Crippen molar-refractivity contribution in [2.75, 3.05) is 18.0 Å². The van der Waals surface area contributed by atoms with E-state index in [1.807, 2.05) is 12.1 Å². The van der Waals surface area contributed by atoms with E-state index in [4.69, 9.17) is 4.74 Å². The number of anilines is 1. The van der Waals surface area contributed by atoms with E-state index < -0.39 is 6.09 Å². The normalized spacial score (nSPS) is 17.0. The van der Waals surface area contributed by atoms with Crippen LogP contribution in [0.3, 0.4) is 0 Å². The molecule has 2 aromatic heterocycles. The summed E-state index contributed by atoms with van der Waals surface area (Å²) in [6.07, 6.45) is 5.28. The lowest BCUT2D eigenvalue weighted by atomic mass is 10.1. The number of aryl methyl sites for hydroxylation is 2. The average molecular weight is 329 g/mol. The summed E-state index contributed by atoms with van der Waals surface area (Å²) in [5.74, 6) is 0.597. The molecule has 1 aliphatic heterocycles. The second-order valence-electron chi connectivity index (χ2n) is 5.59. The summed E-state index contributed by atoms with van der Waals surface area (Å²) in [4.78, 5) is 29.4. The van der Waals surface area contributed by atoms with Crippen LogP contribution in [0.1, 0.15) is 12.0 Å². The Bertz CT molecular complexity index is 716. The molecule has 0 bridgehead atoms. The molecule has 3 heterocycles. The van der Waals surface area contributed by atoms with Crippen molar-refractivity contribution in [3.63, 3.8) is 0 Å². The van der Waals surface area contributed by atoms with Crippen LogP contribution in [0.25, 0.3) is 0 Å². The number of cyclic esters (lactones) is 1. The maximum absolute atomic E-state index is 11.9. The largest absolute Gasteiger partial charge is 0.442 e. The van der Waals surface area contributed by atoms with Gasteiger partial charge in [0.1, 0.15) is 11.9 Å². The second kappa shape index (κ2) is 7.12. The van der Waals surface area contributed by atoms with E-state index in [-0.39, 0.29) is 12.0 Å². The predicted molar refractivity (Wildman–Crippen MR) is 86.4 cm³/mol. The molecular weight excluding hydrogens is 310 g/mol. The Morgan fingerprint density at radius 3 is 3.00 bits per heavy atom. The van der Waals surface area contributed by atoms with Crippen LogP contribution in [0.5, 0.6) is 0 Å². The Balaban J connectivity index is 1.45. The molecule has 0 aromatic carbocycles. The molecule has 0 radical (unpaired) electrons. The molecule has 1 unspecified atom stereocenters. The minimum atomic E-state index is -0.423. The van der Waals surface area contributed by atoms with Crippen LogP contribution in [0.4, 0.5) is 10.6 Å². The molecule has 0 saturated carbocycles. The van der Waals surface area contributed by atoms with Crippen LogP contribution >= 0.6 is 0 Å². The fraction of sp³-hybridized carbons (Fsp3) is 0.375. The average Bonchev–Trinajstić information content (AvgIpc) is 3.17. The molecule has 3 rings (SSSR count). The van der Waals surface area contributed by atoms with E-state index in [0.29, 0.717) is 31.7 Å². The standard InChI is InChI=1S/C16H19N5O3/c1-20-15(6-8-19-20)21-11-13(24-16(21)23)10-18-14(22)5-4-12-3-2-7-17-9-12/h2-3,6-9,13H,4-5,10-11H2,1H3,(H,18,22). The van der Waals surface area contributed by atoms with E-state index in [0.717, 1.165) is 5.56 Å². The van der Waals surface area contributed by atoms with Gasteiger partial charge in [-0.05, 0) is 18.1 Å². The van der Waals surface area contributed by atoms with Crippen molar-refractivity contribution in [2.24, 2.45) is 7.05 Å². The fourth-order valence-electron chi connectivity index (χ4n) is 2.57. The van der Waals surface area contributed by atoms with Gasteiger partial charge in [0.05, 0.1) is 19.3 Å². The van der Waals surface area contributed by atoms with Crippen molar-refractivity contribution < 1.29 is 14.3 Å². The van der Waals surface area contributed by atoms with Gasteiger partial charge in [-0.25, -0.2) is 4.79 Å². The van der Waals surface area contributed by atoms with Gasteiger partial charge in [-0.1, -0.05) is 6.07 Å². The number of nitrogens with one attached hydrogen (secondary N) is 1. The molecule has 24 heavy (non-hydrogen) atoms. The van der Waals surface area contributed by atoms with E-state index >= 15 is 0 Å². The number of hydrogen-bond donors (Lipinski definition) is 1. The number of hydrogen-bond acceptors (Lipinski definition) is 5. The monoisotopic (exact) mass is 329 g/mol. The quantitative estimate of drug-likeness (QED) is 0.850. The molecule has 1 N–H and O–H groups in total. The third kappa shape index (κ3) is 3.70. The SMILES string of the molecule is Cn1nccc1N1CC(CNC(=O)CCc2cccnc2)OC1=O. The topological polar surface area (TPSA) is 89.3 Å². The summed E-state index contributed by atoms with van der Waals surface area (Å²) in [6.45, 7) is 0.688. The van der Waals surface area contributed by atoms with Crippen molar-refractivity contribution in [3.8, 4) is 0 Å². The van der Waals surface area contributed by atoms with Crippen LogP contribution in [0.2, 0.25) is 0 Å². The molecule has 1 fully saturated rings. The maximum atomic E-state index is 11.9. The highest BCUT2D eigenvalue weighted by Crippen LogP contribution is 2.20. The van der Waals surface area contributed by atoms with Crippen molar-refractivity contribution in [2.45, 2.75) is 18.9 Å². The minimum Gasteiger partial charge on any atom is -0.442 e. The molecule has 1 atom stereocenters. The Morgan fingerprint density at radius 2 is 2.29 bits per heavy atom. The van der Waals surface area contributed by atoms with Gasteiger partial charge >= 0.3 is 6.09 Å². The highest BCUT2D eigenvalue weighted by atomic mass is 16.6. The zero-order valence-corrected chi connectivity index (χ0v) is 13.4. The van der Waals surface area contributed by atoms with Gasteiger partial charge in [0.2, 0.25) is 5.91 Å². The zero-order valence-electron chi connectivity index (χ0n) is 13.4. The molecule has 8 nitrogen and oxygen atoms in total. The fourth-order valence-corrected chi connectivity index (χ4v) is 2.57. The number of aromatic nitrogens is 3. The Hall–Kier alpha value is -2.90. The van der Waals surface area contributed by atoms with Crippen LogP contribution < -0.4 is 10.2 Å². The highest BCUT2D eigenvalue weighted by Gasteiger charge is 2.33. The lowest BCUT2D eigenvalue weighted by Gasteiger charge is -2.12. The lowest BCUT2D eigenvalue weighted by Crippen LogP contribution is -2.35. The third-order valence-electron chi connectivity index (χ3n) is 3.84. The molecule has 0 aliphatic carbocycles. The lowest BCUT2D eigenvalue weighted by molar-refractivity contribution is -0.121. The summed E-state index contributed by atoms with van der Waals surface area (Å²) in [5, 5.41) is 6.85. The van der Waals surface area contributed by atoms with E-state index in [9.17, 15) is 9.59 Å². The number of amides is 2. The first-order chi connectivity index (χ1) is 11.6. The van der Waals surface area contributed by atoms with Gasteiger partial charge in [0, 0.05) is 31.9 Å². The van der Waals surface area contributed by atoms with Gasteiger partial charge in [-0.3, -0.25) is 19.4 Å². The van der Waals surface area contributed by atoms with Crippen molar-refractivity contribution in [1.82, 2.24) is 20.1 Å². The van der Waals surface area contributed by atoms with Crippen LogP contribution in [0, 0.1) is 0 Å². The van der Waals surface area contributed by atoms with Crippen molar-refractivity contribution >= 4 is 17.8 Å². The van der Waals surface area contributed by atoms with E-state index in [1.165, 1.54) is 4.90 Å². The van der Waals surface area contributed by atoms with Gasteiger partial charge in [0.25, 0.3) is 0 Å². The number of carbonyl (C=O) groups excluding carboxylic acids is 2. The molecule has 0 spiro atoms. The minimum absolute atomic E-state index is 0.0751. The molecule has 2 aromatic rings. The summed E-state index contributed by atoms with van der Waals surface area (Å²) in [5.41, 5.74) is 1.02. The Kier molecular flexibility index (Phi) is 4.74. The zero-order chi connectivity index (χ0) is 16.9. The van der Waals surface area contributed by atoms with Crippen LogP contribution in [-0.2, 0) is 23.0 Å². The van der Waals surface area contributed by atoms with Crippen molar-refractivity contribution in [3.05, 3.63) is 42.4 Å². The summed E-state index contributed by atoms with van der Waals surface area (Å²) >= 11 is 0. The Morgan fingerprint density at radius 1 is 1.42 bits per heavy atom. The molecule has 8 heteroatoms. The number of ether oxygens (including phenoxy) is 1. The molecule has 126 valence electrons. The summed E-state index contributed by atoms with van der Waals surface area (Å²) in [7, 11) is 1.76. The molecule has 1 aliphatic rings. The number of nitrogens with zero attached hydrogens (tertiary/aromatic N) is 4. The number of carbonyl (C=O) groups is 2. The van der Waals surface area contributed by atoms with Crippen molar-refractivity contribution in [1.29, 1.82) is 0 Å². The Labute approximate surface area is 139 Å². The second-order valence-corrected chi connectivity index (χ2v) is 5.59. The van der Waals surface area contributed by atoms with Crippen LogP contribution in [0.15, 0.2) is 36.8 Å². The summed E-state index contributed by atoms with van der Waals surface area (Å²) in [6, 6.07) is 5.53. The van der Waals surface area contributed by atoms with Gasteiger partial charge in [0.15, 0.2) is 0 Å². The van der Waals surface area contributed by atoms with Gasteiger partial charge in [-0.2, -0.15) is 5.10 Å². The smallest absolute Gasteiger partial charge is 0.416 e. The first-order valence-corrected chi connectivity index (χ1v) is 7.75. The van der Waals surface area contributed by atoms with Gasteiger partial charge < -0.3 is 10.1 Å². The summed E-state index contributed by atoms with van der Waals surface area (Å²) < 4.78 is 6.89. The number of pyridine rings is 1. The van der Waals surface area contributed by atoms with Crippen LogP contribution in [-0.4, -0.2) is 46.0 Å². The molecule has 1 saturated heterocycles. The first kappa shape index (κ1) is 16.0. The maximum Gasteiger partial charge on any atom is 0.416 e. The van der Waals surface area contributed by atoms with E-state index in [1.54, 1.807) is 36.4 Å². The molecule has 2 amide bonds.